The number of rotatable bonds is 13. The Bertz CT molecular complexity index is 417. The summed E-state index contributed by atoms with van der Waals surface area (Å²) in [6.07, 6.45) is 7.71. The van der Waals surface area contributed by atoms with Crippen molar-refractivity contribution in [1.29, 1.82) is 0 Å². The van der Waals surface area contributed by atoms with Crippen molar-refractivity contribution in [1.82, 2.24) is 0 Å². The molecule has 0 fully saturated rings. The van der Waals surface area contributed by atoms with Gasteiger partial charge in [0.25, 0.3) is 0 Å². The first-order valence-corrected chi connectivity index (χ1v) is 9.86. The van der Waals surface area contributed by atoms with Crippen molar-refractivity contribution < 1.29 is 14.3 Å². The van der Waals surface area contributed by atoms with Crippen LogP contribution in [0.2, 0.25) is 0 Å². The Morgan fingerprint density at radius 2 is 1.74 bits per heavy atom. The van der Waals surface area contributed by atoms with Gasteiger partial charge in [0, 0.05) is 0 Å². The van der Waals surface area contributed by atoms with Crippen molar-refractivity contribution >= 4 is 17.7 Å². The lowest BCUT2D eigenvalue weighted by atomic mass is 10.1. The molecule has 0 spiro atoms. The molecule has 0 heterocycles. The van der Waals surface area contributed by atoms with Gasteiger partial charge >= 0.3 is 5.97 Å². The summed E-state index contributed by atoms with van der Waals surface area (Å²) in [5, 5.41) is 0. The maximum absolute atomic E-state index is 11.2. The number of unbranched alkanes of at least 4 members (excludes halogenated alkanes) is 3. The van der Waals surface area contributed by atoms with Crippen molar-refractivity contribution in [3.05, 3.63) is 29.8 Å². The molecule has 0 aliphatic rings. The average Bonchev–Trinajstić information content (AvgIpc) is 2.57. The van der Waals surface area contributed by atoms with E-state index < -0.39 is 0 Å². The number of hydrogen-bond donors (Lipinski definition) is 0. The largest absolute Gasteiger partial charge is 0.482 e. The van der Waals surface area contributed by atoms with Crippen LogP contribution in [0, 0.1) is 0 Å². The third-order valence-corrected chi connectivity index (χ3v) is 4.64. The van der Waals surface area contributed by atoms with Crippen LogP contribution in [0.4, 0.5) is 0 Å². The number of esters is 1. The fourth-order valence-corrected chi connectivity index (χ4v) is 3.17. The minimum Gasteiger partial charge on any atom is -0.482 e. The van der Waals surface area contributed by atoms with Gasteiger partial charge in [-0.25, -0.2) is 4.79 Å². The van der Waals surface area contributed by atoms with E-state index in [0.717, 1.165) is 6.42 Å². The van der Waals surface area contributed by atoms with Crippen LogP contribution >= 0.6 is 11.8 Å². The fraction of sp³-hybridized carbons (Fsp3) is 0.632. The van der Waals surface area contributed by atoms with Gasteiger partial charge in [0.1, 0.15) is 5.75 Å². The van der Waals surface area contributed by atoms with Gasteiger partial charge < -0.3 is 9.47 Å². The SMILES string of the molecule is CCCCCCSCCCc1ccc(OCC(=O)OCC)cc1. The predicted molar refractivity (Wildman–Crippen MR) is 98.4 cm³/mol. The lowest BCUT2D eigenvalue weighted by molar-refractivity contribution is -0.145. The number of hydrogen-bond acceptors (Lipinski definition) is 4. The zero-order chi connectivity index (χ0) is 16.8. The standard InChI is InChI=1S/C19H30O3S/c1-3-5-6-7-14-23-15-8-9-17-10-12-18(13-11-17)22-16-19(20)21-4-2/h10-13H,3-9,14-16H2,1-2H3. The highest BCUT2D eigenvalue weighted by atomic mass is 32.2. The van der Waals surface area contributed by atoms with Crippen molar-refractivity contribution in [2.24, 2.45) is 0 Å². The van der Waals surface area contributed by atoms with Crippen LogP contribution in [-0.4, -0.2) is 30.7 Å². The molecule has 0 unspecified atom stereocenters. The first-order valence-electron chi connectivity index (χ1n) is 8.71. The van der Waals surface area contributed by atoms with Crippen LogP contribution in [0.3, 0.4) is 0 Å². The van der Waals surface area contributed by atoms with Gasteiger partial charge in [-0.05, 0) is 55.4 Å². The number of carbonyl (C=O) groups excluding carboxylic acids is 1. The minimum atomic E-state index is -0.326. The Morgan fingerprint density at radius 3 is 2.43 bits per heavy atom. The van der Waals surface area contributed by atoms with E-state index in [4.69, 9.17) is 9.47 Å². The van der Waals surface area contributed by atoms with Gasteiger partial charge in [-0.3, -0.25) is 0 Å². The zero-order valence-electron chi connectivity index (χ0n) is 14.5. The first kappa shape index (κ1) is 19.9. The third-order valence-electron chi connectivity index (χ3n) is 3.48. The Hall–Kier alpha value is -1.16. The Balaban J connectivity index is 2.10. The highest BCUT2D eigenvalue weighted by molar-refractivity contribution is 7.99. The molecule has 0 aliphatic heterocycles. The quantitative estimate of drug-likeness (QED) is 0.379. The molecule has 1 aromatic rings. The van der Waals surface area contributed by atoms with E-state index in [2.05, 4.69) is 30.8 Å². The van der Waals surface area contributed by atoms with Crippen molar-refractivity contribution in [3.63, 3.8) is 0 Å². The Labute approximate surface area is 145 Å². The zero-order valence-corrected chi connectivity index (χ0v) is 15.3. The molecular weight excluding hydrogens is 308 g/mol. The van der Waals surface area contributed by atoms with E-state index in [-0.39, 0.29) is 12.6 Å². The molecule has 0 N–H and O–H groups in total. The molecule has 0 aromatic heterocycles. The van der Waals surface area contributed by atoms with Gasteiger partial charge in [0.05, 0.1) is 6.61 Å². The van der Waals surface area contributed by atoms with Gasteiger partial charge in [-0.1, -0.05) is 38.3 Å². The highest BCUT2D eigenvalue weighted by Crippen LogP contribution is 2.15. The summed E-state index contributed by atoms with van der Waals surface area (Å²) in [5.74, 6) is 2.91. The molecule has 0 amide bonds. The van der Waals surface area contributed by atoms with Crippen molar-refractivity contribution in [3.8, 4) is 5.75 Å². The summed E-state index contributed by atoms with van der Waals surface area (Å²) in [6.45, 7) is 4.40. The molecular formula is C19H30O3S. The fourth-order valence-electron chi connectivity index (χ4n) is 2.21. The molecule has 0 atom stereocenters. The van der Waals surface area contributed by atoms with E-state index in [1.807, 2.05) is 12.1 Å². The van der Waals surface area contributed by atoms with Gasteiger partial charge in [0.2, 0.25) is 0 Å². The number of carbonyl (C=O) groups is 1. The van der Waals surface area contributed by atoms with E-state index in [1.54, 1.807) is 6.92 Å². The predicted octanol–water partition coefficient (Wildman–Crippen LogP) is 4.87. The molecule has 130 valence electrons. The van der Waals surface area contributed by atoms with Gasteiger partial charge in [-0.15, -0.1) is 0 Å². The summed E-state index contributed by atoms with van der Waals surface area (Å²) >= 11 is 2.07. The van der Waals surface area contributed by atoms with Crippen molar-refractivity contribution in [2.45, 2.75) is 52.4 Å². The van der Waals surface area contributed by atoms with Gasteiger partial charge in [-0.2, -0.15) is 11.8 Å². The summed E-state index contributed by atoms with van der Waals surface area (Å²) in [7, 11) is 0. The molecule has 4 heteroatoms. The molecule has 1 rings (SSSR count). The number of ether oxygens (including phenoxy) is 2. The van der Waals surface area contributed by atoms with Crippen LogP contribution in [0.5, 0.6) is 5.75 Å². The number of aryl methyl sites for hydroxylation is 1. The highest BCUT2D eigenvalue weighted by Gasteiger charge is 2.03. The van der Waals surface area contributed by atoms with Crippen LogP contribution in [0.15, 0.2) is 24.3 Å². The topological polar surface area (TPSA) is 35.5 Å². The second kappa shape index (κ2) is 13.3. The molecule has 0 aliphatic carbocycles. The summed E-state index contributed by atoms with van der Waals surface area (Å²) in [5.41, 5.74) is 1.32. The molecule has 0 bridgehead atoms. The maximum atomic E-state index is 11.2. The van der Waals surface area contributed by atoms with Crippen molar-refractivity contribution in [2.75, 3.05) is 24.7 Å². The summed E-state index contributed by atoms with van der Waals surface area (Å²) in [6, 6.07) is 8.00. The normalized spacial score (nSPS) is 10.5. The summed E-state index contributed by atoms with van der Waals surface area (Å²) in [4.78, 5) is 11.2. The second-order valence-corrected chi connectivity index (χ2v) is 6.74. The van der Waals surface area contributed by atoms with Crippen LogP contribution < -0.4 is 4.74 Å². The molecule has 0 saturated heterocycles. The first-order chi connectivity index (χ1) is 11.3. The number of benzene rings is 1. The molecule has 3 nitrogen and oxygen atoms in total. The molecule has 1 aromatic carbocycles. The van der Waals surface area contributed by atoms with Gasteiger partial charge in [0.15, 0.2) is 6.61 Å². The Kier molecular flexibility index (Phi) is 11.5. The molecule has 0 saturated carbocycles. The smallest absolute Gasteiger partial charge is 0.344 e. The van der Waals surface area contributed by atoms with E-state index in [1.165, 1.54) is 49.2 Å². The molecule has 23 heavy (non-hydrogen) atoms. The van der Waals surface area contributed by atoms with Crippen LogP contribution in [0.1, 0.15) is 51.5 Å². The van der Waals surface area contributed by atoms with E-state index >= 15 is 0 Å². The third kappa shape index (κ3) is 10.3. The molecule has 0 radical (unpaired) electrons. The Morgan fingerprint density at radius 1 is 1.00 bits per heavy atom. The number of thioether (sulfide) groups is 1. The van der Waals surface area contributed by atoms with Crippen LogP contribution in [-0.2, 0) is 16.0 Å². The lowest BCUT2D eigenvalue weighted by Crippen LogP contribution is -2.14. The average molecular weight is 339 g/mol. The monoisotopic (exact) mass is 338 g/mol. The van der Waals surface area contributed by atoms with E-state index in [0.29, 0.717) is 12.4 Å². The summed E-state index contributed by atoms with van der Waals surface area (Å²) < 4.78 is 10.2. The minimum absolute atomic E-state index is 0.0259. The maximum Gasteiger partial charge on any atom is 0.344 e. The lowest BCUT2D eigenvalue weighted by Gasteiger charge is -2.07. The second-order valence-electron chi connectivity index (χ2n) is 5.51. The van der Waals surface area contributed by atoms with E-state index in [9.17, 15) is 4.79 Å². The van der Waals surface area contributed by atoms with Crippen LogP contribution in [0.25, 0.3) is 0 Å².